The van der Waals surface area contributed by atoms with Crippen LogP contribution in [0.5, 0.6) is 0 Å². The lowest BCUT2D eigenvalue weighted by molar-refractivity contribution is 0.00914. The van der Waals surface area contributed by atoms with E-state index in [-0.39, 0.29) is 5.60 Å². The van der Waals surface area contributed by atoms with Gasteiger partial charge in [0.2, 0.25) is 0 Å². The molecule has 2 aromatic rings. The lowest BCUT2D eigenvalue weighted by atomic mass is 9.92. The molecule has 0 spiro atoms. The zero-order chi connectivity index (χ0) is 15.1. The fourth-order valence-corrected chi connectivity index (χ4v) is 3.46. The van der Waals surface area contributed by atoms with Crippen LogP contribution in [0.3, 0.4) is 0 Å². The van der Waals surface area contributed by atoms with Crippen LogP contribution in [-0.4, -0.2) is 12.9 Å². The van der Waals surface area contributed by atoms with E-state index in [4.69, 9.17) is 4.74 Å². The van der Waals surface area contributed by atoms with E-state index in [1.807, 2.05) is 23.9 Å². The molecule has 0 aromatic heterocycles. The summed E-state index contributed by atoms with van der Waals surface area (Å²) >= 11 is 1.82. The standard InChI is InChI=1S/C19H22OS/c1-4-14-19(20-3,17-8-6-5-7-9-17)15-21-18-12-10-16(2)11-13-18/h4-13H,1,14-15H2,2-3H3. The van der Waals surface area contributed by atoms with Crippen molar-refractivity contribution in [1.29, 1.82) is 0 Å². The van der Waals surface area contributed by atoms with E-state index < -0.39 is 0 Å². The molecular formula is C19H22OS. The molecule has 2 aromatic carbocycles. The van der Waals surface area contributed by atoms with Gasteiger partial charge in [-0.2, -0.15) is 0 Å². The number of thioether (sulfide) groups is 1. The number of ether oxygens (including phenoxy) is 1. The van der Waals surface area contributed by atoms with Crippen LogP contribution in [0.1, 0.15) is 17.5 Å². The molecule has 0 aliphatic heterocycles. The highest BCUT2D eigenvalue weighted by molar-refractivity contribution is 7.99. The highest BCUT2D eigenvalue weighted by Crippen LogP contribution is 2.35. The molecule has 1 unspecified atom stereocenters. The molecule has 0 radical (unpaired) electrons. The highest BCUT2D eigenvalue weighted by atomic mass is 32.2. The van der Waals surface area contributed by atoms with Gasteiger partial charge in [-0.3, -0.25) is 0 Å². The lowest BCUT2D eigenvalue weighted by Crippen LogP contribution is -2.30. The smallest absolute Gasteiger partial charge is 0.105 e. The first-order chi connectivity index (χ1) is 10.2. The fraction of sp³-hybridized carbons (Fsp3) is 0.263. The van der Waals surface area contributed by atoms with Crippen LogP contribution < -0.4 is 0 Å². The molecule has 0 bridgehead atoms. The molecule has 0 amide bonds. The van der Waals surface area contributed by atoms with Crippen molar-refractivity contribution in [2.24, 2.45) is 0 Å². The SMILES string of the molecule is C=CCC(CSc1ccc(C)cc1)(OC)c1ccccc1. The van der Waals surface area contributed by atoms with Gasteiger partial charge in [-0.15, -0.1) is 18.3 Å². The Morgan fingerprint density at radius 2 is 1.76 bits per heavy atom. The Bertz CT molecular complexity index is 562. The first-order valence-corrected chi connectivity index (χ1v) is 8.10. The van der Waals surface area contributed by atoms with E-state index in [0.717, 1.165) is 12.2 Å². The van der Waals surface area contributed by atoms with Crippen molar-refractivity contribution in [1.82, 2.24) is 0 Å². The van der Waals surface area contributed by atoms with Crippen LogP contribution in [0.25, 0.3) is 0 Å². The van der Waals surface area contributed by atoms with E-state index in [2.05, 4.69) is 62.0 Å². The van der Waals surface area contributed by atoms with E-state index in [0.29, 0.717) is 0 Å². The van der Waals surface area contributed by atoms with Crippen molar-refractivity contribution in [3.8, 4) is 0 Å². The molecule has 2 heteroatoms. The van der Waals surface area contributed by atoms with Crippen LogP contribution in [0, 0.1) is 6.92 Å². The summed E-state index contributed by atoms with van der Waals surface area (Å²) in [5.41, 5.74) is 2.16. The number of methoxy groups -OCH3 is 1. The maximum absolute atomic E-state index is 5.92. The number of aryl methyl sites for hydroxylation is 1. The monoisotopic (exact) mass is 298 g/mol. The van der Waals surface area contributed by atoms with Crippen molar-refractivity contribution in [3.63, 3.8) is 0 Å². The molecule has 0 saturated carbocycles. The molecule has 110 valence electrons. The van der Waals surface area contributed by atoms with Crippen LogP contribution in [-0.2, 0) is 10.3 Å². The Morgan fingerprint density at radius 3 is 2.33 bits per heavy atom. The molecule has 0 N–H and O–H groups in total. The summed E-state index contributed by atoms with van der Waals surface area (Å²) in [6, 6.07) is 19.0. The number of rotatable bonds is 7. The van der Waals surface area contributed by atoms with Crippen molar-refractivity contribution in [3.05, 3.63) is 78.4 Å². The average molecular weight is 298 g/mol. The number of benzene rings is 2. The summed E-state index contributed by atoms with van der Waals surface area (Å²) in [4.78, 5) is 1.27. The molecule has 0 aliphatic rings. The van der Waals surface area contributed by atoms with Gasteiger partial charge in [-0.25, -0.2) is 0 Å². The summed E-state index contributed by atoms with van der Waals surface area (Å²) in [6.07, 6.45) is 2.73. The minimum absolute atomic E-state index is 0.321. The minimum atomic E-state index is -0.321. The Labute approximate surface area is 132 Å². The quantitative estimate of drug-likeness (QED) is 0.513. The third kappa shape index (κ3) is 3.99. The lowest BCUT2D eigenvalue weighted by Gasteiger charge is -2.32. The van der Waals surface area contributed by atoms with Gasteiger partial charge in [0.25, 0.3) is 0 Å². The predicted octanol–water partition coefficient (Wildman–Crippen LogP) is 5.21. The Morgan fingerprint density at radius 1 is 1.10 bits per heavy atom. The zero-order valence-electron chi connectivity index (χ0n) is 12.7. The summed E-state index contributed by atoms with van der Waals surface area (Å²) in [7, 11) is 1.78. The topological polar surface area (TPSA) is 9.23 Å². The largest absolute Gasteiger partial charge is 0.372 e. The maximum Gasteiger partial charge on any atom is 0.105 e. The van der Waals surface area contributed by atoms with Crippen molar-refractivity contribution in [2.75, 3.05) is 12.9 Å². The molecule has 0 heterocycles. The predicted molar refractivity (Wildman–Crippen MR) is 91.8 cm³/mol. The van der Waals surface area contributed by atoms with Crippen LogP contribution >= 0.6 is 11.8 Å². The fourth-order valence-electron chi connectivity index (χ4n) is 2.33. The second kappa shape index (κ2) is 7.48. The van der Waals surface area contributed by atoms with Gasteiger partial charge in [0.05, 0.1) is 0 Å². The van der Waals surface area contributed by atoms with Gasteiger partial charge >= 0.3 is 0 Å². The molecular weight excluding hydrogens is 276 g/mol. The summed E-state index contributed by atoms with van der Waals surface area (Å²) in [6.45, 7) is 6.00. The third-order valence-corrected chi connectivity index (χ3v) is 4.87. The molecule has 2 rings (SSSR count). The second-order valence-corrected chi connectivity index (χ2v) is 6.21. The van der Waals surface area contributed by atoms with E-state index >= 15 is 0 Å². The third-order valence-electron chi connectivity index (χ3n) is 3.66. The zero-order valence-corrected chi connectivity index (χ0v) is 13.5. The summed E-state index contributed by atoms with van der Waals surface area (Å²) in [5.74, 6) is 0.864. The summed E-state index contributed by atoms with van der Waals surface area (Å²) in [5, 5.41) is 0. The van der Waals surface area contributed by atoms with Crippen molar-refractivity contribution < 1.29 is 4.74 Å². The van der Waals surface area contributed by atoms with Gasteiger partial charge in [0, 0.05) is 17.8 Å². The second-order valence-electron chi connectivity index (χ2n) is 5.16. The molecule has 0 aliphatic carbocycles. The van der Waals surface area contributed by atoms with E-state index in [9.17, 15) is 0 Å². The van der Waals surface area contributed by atoms with Gasteiger partial charge in [0.1, 0.15) is 5.60 Å². The Balaban J connectivity index is 2.20. The highest BCUT2D eigenvalue weighted by Gasteiger charge is 2.30. The average Bonchev–Trinajstić information content (AvgIpc) is 2.54. The molecule has 1 atom stereocenters. The van der Waals surface area contributed by atoms with Crippen LogP contribution in [0.4, 0.5) is 0 Å². The Hall–Kier alpha value is -1.51. The summed E-state index contributed by atoms with van der Waals surface area (Å²) < 4.78 is 5.92. The molecule has 21 heavy (non-hydrogen) atoms. The number of hydrogen-bond acceptors (Lipinski definition) is 2. The van der Waals surface area contributed by atoms with Crippen molar-refractivity contribution in [2.45, 2.75) is 23.8 Å². The first kappa shape index (κ1) is 15.9. The minimum Gasteiger partial charge on any atom is -0.372 e. The van der Waals surface area contributed by atoms with Gasteiger partial charge in [-0.05, 0) is 31.0 Å². The first-order valence-electron chi connectivity index (χ1n) is 7.11. The van der Waals surface area contributed by atoms with E-state index in [1.54, 1.807) is 7.11 Å². The van der Waals surface area contributed by atoms with Gasteiger partial charge in [0.15, 0.2) is 0 Å². The van der Waals surface area contributed by atoms with Crippen molar-refractivity contribution >= 4 is 11.8 Å². The van der Waals surface area contributed by atoms with E-state index in [1.165, 1.54) is 16.0 Å². The van der Waals surface area contributed by atoms with Gasteiger partial charge in [-0.1, -0.05) is 54.1 Å². The molecule has 1 nitrogen and oxygen atoms in total. The number of hydrogen-bond donors (Lipinski definition) is 0. The maximum atomic E-state index is 5.92. The van der Waals surface area contributed by atoms with Crippen LogP contribution in [0.15, 0.2) is 72.1 Å². The molecule has 0 fully saturated rings. The molecule has 0 saturated heterocycles. The Kier molecular flexibility index (Phi) is 5.66. The normalized spacial score (nSPS) is 13.6. The van der Waals surface area contributed by atoms with Crippen LogP contribution in [0.2, 0.25) is 0 Å². The van der Waals surface area contributed by atoms with Gasteiger partial charge < -0.3 is 4.74 Å².